The number of imide groups is 2. The molecule has 0 fully saturated rings. The van der Waals surface area contributed by atoms with Gasteiger partial charge >= 0.3 is 12.1 Å². The van der Waals surface area contributed by atoms with E-state index in [1.165, 1.54) is 12.1 Å². The summed E-state index contributed by atoms with van der Waals surface area (Å²) in [7, 11) is 0. The van der Waals surface area contributed by atoms with Crippen molar-refractivity contribution in [1.29, 1.82) is 0 Å². The highest BCUT2D eigenvalue weighted by atomic mass is 16.4. The summed E-state index contributed by atoms with van der Waals surface area (Å²) in [5.74, 6) is 0. The lowest BCUT2D eigenvalue weighted by molar-refractivity contribution is -0.108. The highest BCUT2D eigenvalue weighted by Crippen LogP contribution is 2.13. The minimum atomic E-state index is -1.46. The third-order valence-corrected chi connectivity index (χ3v) is 1.59. The largest absolute Gasteiger partial charge is 0.464 e. The van der Waals surface area contributed by atoms with Crippen LogP contribution in [0.25, 0.3) is 0 Å². The van der Waals surface area contributed by atoms with Crippen LogP contribution >= 0.6 is 0 Å². The molecule has 6 heteroatoms. The van der Waals surface area contributed by atoms with Gasteiger partial charge in [-0.3, -0.25) is 10.1 Å². The number of carbonyl (C=O) groups excluding carboxylic acids is 2. The Bertz CT molecular complexity index is 377. The lowest BCUT2D eigenvalue weighted by Gasteiger charge is -2.15. The predicted molar refractivity (Wildman–Crippen MR) is 51.5 cm³/mol. The van der Waals surface area contributed by atoms with E-state index < -0.39 is 12.1 Å². The zero-order chi connectivity index (χ0) is 11.3. The summed E-state index contributed by atoms with van der Waals surface area (Å²) >= 11 is 0. The van der Waals surface area contributed by atoms with Gasteiger partial charge in [-0.15, -0.1) is 0 Å². The van der Waals surface area contributed by atoms with Crippen molar-refractivity contribution < 1.29 is 19.5 Å². The Kier molecular flexibility index (Phi) is 3.39. The molecule has 0 aliphatic heterocycles. The van der Waals surface area contributed by atoms with E-state index in [2.05, 4.69) is 0 Å². The third kappa shape index (κ3) is 2.53. The van der Waals surface area contributed by atoms with E-state index in [0.29, 0.717) is 4.90 Å². The number of anilines is 1. The maximum absolute atomic E-state index is 11.2. The van der Waals surface area contributed by atoms with Gasteiger partial charge < -0.3 is 5.11 Å². The van der Waals surface area contributed by atoms with Gasteiger partial charge in [0, 0.05) is 0 Å². The first-order valence-electron chi connectivity index (χ1n) is 3.99. The molecule has 0 aromatic heterocycles. The fraction of sp³-hybridized carbons (Fsp3) is 0. The number of nitrogens with zero attached hydrogens (tertiary/aromatic N) is 1. The lowest BCUT2D eigenvalue weighted by Crippen LogP contribution is -2.42. The molecule has 2 N–H and O–H groups in total. The van der Waals surface area contributed by atoms with Crippen LogP contribution < -0.4 is 10.2 Å². The first-order chi connectivity index (χ1) is 7.16. The predicted octanol–water partition coefficient (Wildman–Crippen LogP) is 1.04. The summed E-state index contributed by atoms with van der Waals surface area (Å²) in [6.45, 7) is 0. The van der Waals surface area contributed by atoms with Crippen LogP contribution in [0, 0.1) is 0 Å². The number of hydrogen-bond donors (Lipinski definition) is 2. The van der Waals surface area contributed by atoms with Crippen molar-refractivity contribution in [1.82, 2.24) is 5.32 Å². The van der Waals surface area contributed by atoms with Gasteiger partial charge in [-0.1, -0.05) is 18.2 Å². The minimum absolute atomic E-state index is 0.126. The second-order valence-corrected chi connectivity index (χ2v) is 2.52. The molecular weight excluding hydrogens is 200 g/mol. The fourth-order valence-electron chi connectivity index (χ4n) is 1.01. The number of hydrogen-bond acceptors (Lipinski definition) is 3. The standard InChI is InChI=1S/C9H8N2O4/c12-6-10-8(13)11(9(14)15)7-4-2-1-3-5-7/h1-6H,(H,14,15)(H,10,12,13). The van der Waals surface area contributed by atoms with Crippen LogP contribution in [0.4, 0.5) is 15.3 Å². The molecule has 0 heterocycles. The number of amides is 4. The second kappa shape index (κ2) is 4.75. The maximum Gasteiger partial charge on any atom is 0.420 e. The maximum atomic E-state index is 11.2. The normalized spacial score (nSPS) is 9.07. The van der Waals surface area contributed by atoms with Gasteiger partial charge in [-0.25, -0.2) is 9.59 Å². The Labute approximate surface area is 85.1 Å². The zero-order valence-electron chi connectivity index (χ0n) is 7.58. The summed E-state index contributed by atoms with van der Waals surface area (Å²) in [4.78, 5) is 32.4. The molecule has 15 heavy (non-hydrogen) atoms. The van der Waals surface area contributed by atoms with Crippen molar-refractivity contribution in [3.63, 3.8) is 0 Å². The molecule has 4 amide bonds. The van der Waals surface area contributed by atoms with Crippen molar-refractivity contribution in [2.45, 2.75) is 0 Å². The highest BCUT2D eigenvalue weighted by molar-refractivity contribution is 6.13. The van der Waals surface area contributed by atoms with Gasteiger partial charge in [0.2, 0.25) is 6.41 Å². The van der Waals surface area contributed by atoms with Crippen molar-refractivity contribution >= 4 is 24.2 Å². The Balaban J connectivity index is 2.98. The van der Waals surface area contributed by atoms with Crippen LogP contribution in [-0.4, -0.2) is 23.6 Å². The molecule has 1 aromatic rings. The monoisotopic (exact) mass is 208 g/mol. The fourth-order valence-corrected chi connectivity index (χ4v) is 1.01. The number of nitrogens with one attached hydrogen (secondary N) is 1. The molecule has 0 bridgehead atoms. The van der Waals surface area contributed by atoms with Crippen molar-refractivity contribution in [3.8, 4) is 0 Å². The van der Waals surface area contributed by atoms with Crippen LogP contribution in [0.2, 0.25) is 0 Å². The molecule has 0 aliphatic rings. The summed E-state index contributed by atoms with van der Waals surface area (Å²) in [6, 6.07) is 6.72. The van der Waals surface area contributed by atoms with Gasteiger partial charge in [-0.05, 0) is 12.1 Å². The number of benzene rings is 1. The number of urea groups is 1. The number of rotatable bonds is 2. The molecule has 1 aromatic carbocycles. The lowest BCUT2D eigenvalue weighted by atomic mass is 10.3. The molecule has 0 spiro atoms. The molecule has 0 saturated carbocycles. The quantitative estimate of drug-likeness (QED) is 0.711. The van der Waals surface area contributed by atoms with Crippen LogP contribution in [0.1, 0.15) is 0 Å². The van der Waals surface area contributed by atoms with Gasteiger partial charge in [0.1, 0.15) is 0 Å². The van der Waals surface area contributed by atoms with E-state index in [4.69, 9.17) is 5.11 Å². The Morgan fingerprint density at radius 3 is 2.33 bits per heavy atom. The number of carboxylic acid groups (broad SMARTS) is 1. The van der Waals surface area contributed by atoms with Crippen LogP contribution in [0.3, 0.4) is 0 Å². The molecule has 0 unspecified atom stereocenters. The highest BCUT2D eigenvalue weighted by Gasteiger charge is 2.21. The van der Waals surface area contributed by atoms with Crippen LogP contribution in [0.15, 0.2) is 30.3 Å². The van der Waals surface area contributed by atoms with E-state index >= 15 is 0 Å². The smallest absolute Gasteiger partial charge is 0.420 e. The molecule has 0 atom stereocenters. The van der Waals surface area contributed by atoms with E-state index in [1.54, 1.807) is 23.5 Å². The Morgan fingerprint density at radius 1 is 1.27 bits per heavy atom. The summed E-state index contributed by atoms with van der Waals surface area (Å²) in [5, 5.41) is 10.5. The Hall–Kier alpha value is -2.37. The van der Waals surface area contributed by atoms with E-state index in [0.717, 1.165) is 0 Å². The van der Waals surface area contributed by atoms with Gasteiger partial charge in [0.15, 0.2) is 0 Å². The summed E-state index contributed by atoms with van der Waals surface area (Å²) in [6.07, 6.45) is -1.33. The third-order valence-electron chi connectivity index (χ3n) is 1.59. The SMILES string of the molecule is O=CNC(=O)N(C(=O)O)c1ccccc1. The van der Waals surface area contributed by atoms with Crippen LogP contribution in [-0.2, 0) is 4.79 Å². The van der Waals surface area contributed by atoms with E-state index in [1.807, 2.05) is 0 Å². The number of para-hydroxylation sites is 1. The zero-order valence-corrected chi connectivity index (χ0v) is 7.58. The van der Waals surface area contributed by atoms with Crippen molar-refractivity contribution in [2.75, 3.05) is 4.90 Å². The summed E-state index contributed by atoms with van der Waals surface area (Å²) in [5.41, 5.74) is 0.171. The molecule has 0 radical (unpaired) electrons. The minimum Gasteiger partial charge on any atom is -0.464 e. The van der Waals surface area contributed by atoms with Crippen LogP contribution in [0.5, 0.6) is 0 Å². The van der Waals surface area contributed by atoms with E-state index in [9.17, 15) is 14.4 Å². The molecule has 1 rings (SSSR count). The molecular formula is C9H8N2O4. The first-order valence-corrected chi connectivity index (χ1v) is 3.99. The van der Waals surface area contributed by atoms with Gasteiger partial charge in [-0.2, -0.15) is 4.90 Å². The van der Waals surface area contributed by atoms with Gasteiger partial charge in [0.05, 0.1) is 5.69 Å². The number of carbonyl (C=O) groups is 3. The van der Waals surface area contributed by atoms with Gasteiger partial charge in [0.25, 0.3) is 0 Å². The molecule has 0 saturated heterocycles. The molecule has 6 nitrogen and oxygen atoms in total. The van der Waals surface area contributed by atoms with Crippen molar-refractivity contribution in [3.05, 3.63) is 30.3 Å². The molecule has 78 valence electrons. The topological polar surface area (TPSA) is 86.7 Å². The second-order valence-electron chi connectivity index (χ2n) is 2.52. The van der Waals surface area contributed by atoms with Crippen molar-refractivity contribution in [2.24, 2.45) is 0 Å². The average molecular weight is 208 g/mol. The first kappa shape index (κ1) is 10.7. The molecule has 0 aliphatic carbocycles. The Morgan fingerprint density at radius 2 is 1.87 bits per heavy atom. The van der Waals surface area contributed by atoms with E-state index in [-0.39, 0.29) is 12.1 Å². The summed E-state index contributed by atoms with van der Waals surface area (Å²) < 4.78 is 0. The average Bonchev–Trinajstić information content (AvgIpc) is 2.19.